The van der Waals surface area contributed by atoms with Gasteiger partial charge in [-0.15, -0.1) is 11.3 Å². The molecule has 2 heteroatoms. The Morgan fingerprint density at radius 3 is 1.57 bits per heavy atom. The molecule has 0 saturated carbocycles. The fourth-order valence-electron chi connectivity index (χ4n) is 9.02. The molecule has 0 radical (unpaired) electrons. The number of rotatable bonds is 3. The zero-order valence-corrected chi connectivity index (χ0v) is 30.0. The maximum absolute atomic E-state index is 6.29. The third-order valence-corrected chi connectivity index (χ3v) is 12.5. The Kier molecular flexibility index (Phi) is 6.28. The van der Waals surface area contributed by atoms with Crippen LogP contribution in [0.25, 0.3) is 119 Å². The standard InChI is InChI=1S/C52H30OS/c1-2-12-31(13-3-1)50-39-17-6-8-19-41(39)51(42-20-9-7-18-40(42)50)35-25-23-32-26-34(24-22-33(32)27-35)43-29-49-52(38-16-5-4-14-36(38)43)45-28-44-37-15-10-11-21-46(37)53-47(44)30-48(45)54-49/h1-30H. The molecule has 54 heavy (non-hydrogen) atoms. The van der Waals surface area contributed by atoms with Crippen LogP contribution >= 0.6 is 11.3 Å². The van der Waals surface area contributed by atoms with Gasteiger partial charge in [-0.3, -0.25) is 0 Å². The maximum Gasteiger partial charge on any atom is 0.136 e. The van der Waals surface area contributed by atoms with Gasteiger partial charge >= 0.3 is 0 Å². The van der Waals surface area contributed by atoms with Crippen LogP contribution < -0.4 is 0 Å². The highest BCUT2D eigenvalue weighted by Gasteiger charge is 2.19. The summed E-state index contributed by atoms with van der Waals surface area (Å²) in [4.78, 5) is 0. The lowest BCUT2D eigenvalue weighted by atomic mass is 9.85. The van der Waals surface area contributed by atoms with Gasteiger partial charge in [0, 0.05) is 30.9 Å². The summed E-state index contributed by atoms with van der Waals surface area (Å²) < 4.78 is 8.83. The van der Waals surface area contributed by atoms with Gasteiger partial charge in [-0.1, -0.05) is 146 Å². The first-order valence-corrected chi connectivity index (χ1v) is 19.3. The Bertz CT molecular complexity index is 3440. The number of benzene rings is 10. The Morgan fingerprint density at radius 2 is 0.870 bits per heavy atom. The van der Waals surface area contributed by atoms with Gasteiger partial charge < -0.3 is 4.42 Å². The molecule has 0 aliphatic heterocycles. The van der Waals surface area contributed by atoms with Crippen molar-refractivity contribution in [1.82, 2.24) is 0 Å². The third-order valence-electron chi connectivity index (χ3n) is 11.4. The van der Waals surface area contributed by atoms with E-state index in [0.29, 0.717) is 0 Å². The summed E-state index contributed by atoms with van der Waals surface area (Å²) in [5.41, 5.74) is 9.43. The minimum absolute atomic E-state index is 0.938. The summed E-state index contributed by atoms with van der Waals surface area (Å²) in [6, 6.07) is 66.8. The van der Waals surface area contributed by atoms with E-state index in [0.717, 1.165) is 11.2 Å². The first-order valence-electron chi connectivity index (χ1n) is 18.5. The van der Waals surface area contributed by atoms with E-state index in [1.54, 1.807) is 0 Å². The highest BCUT2D eigenvalue weighted by molar-refractivity contribution is 7.26. The van der Waals surface area contributed by atoms with Crippen LogP contribution in [0.2, 0.25) is 0 Å². The molecular weight excluding hydrogens is 673 g/mol. The van der Waals surface area contributed by atoms with Crippen molar-refractivity contribution in [1.29, 1.82) is 0 Å². The van der Waals surface area contributed by atoms with E-state index >= 15 is 0 Å². The van der Waals surface area contributed by atoms with Crippen LogP contribution in [-0.4, -0.2) is 0 Å². The van der Waals surface area contributed by atoms with E-state index in [1.807, 2.05) is 17.4 Å². The molecule has 12 rings (SSSR count). The Labute approximate surface area is 314 Å². The van der Waals surface area contributed by atoms with Crippen molar-refractivity contribution in [2.45, 2.75) is 0 Å². The molecule has 0 atom stereocenters. The molecule has 250 valence electrons. The maximum atomic E-state index is 6.29. The molecule has 0 saturated heterocycles. The van der Waals surface area contributed by atoms with Crippen molar-refractivity contribution in [3.05, 3.63) is 182 Å². The van der Waals surface area contributed by atoms with Crippen LogP contribution in [-0.2, 0) is 0 Å². The van der Waals surface area contributed by atoms with Crippen LogP contribution in [0.3, 0.4) is 0 Å². The average molecular weight is 703 g/mol. The SMILES string of the molecule is c1ccc(-c2c3ccccc3c(-c3ccc4cc(-c5cc6sc7cc8oc9ccccc9c8cc7c6c6ccccc56)ccc4c3)c3ccccc23)cc1. The topological polar surface area (TPSA) is 13.1 Å². The summed E-state index contributed by atoms with van der Waals surface area (Å²) in [5, 5.41) is 15.1. The Balaban J connectivity index is 1.03. The van der Waals surface area contributed by atoms with Crippen molar-refractivity contribution < 1.29 is 4.42 Å². The molecule has 10 aromatic carbocycles. The zero-order chi connectivity index (χ0) is 35.3. The first-order chi connectivity index (χ1) is 26.8. The van der Waals surface area contributed by atoms with Gasteiger partial charge in [0.2, 0.25) is 0 Å². The Morgan fingerprint density at radius 1 is 0.315 bits per heavy atom. The molecule has 0 spiro atoms. The fourth-order valence-corrected chi connectivity index (χ4v) is 10.2. The van der Waals surface area contributed by atoms with E-state index in [1.165, 1.54) is 107 Å². The lowest BCUT2D eigenvalue weighted by Gasteiger charge is -2.18. The fraction of sp³-hybridized carbons (Fsp3) is 0. The second kappa shape index (κ2) is 11.4. The molecule has 2 aromatic heterocycles. The van der Waals surface area contributed by atoms with Gasteiger partial charge in [0.25, 0.3) is 0 Å². The second-order valence-corrected chi connectivity index (χ2v) is 15.5. The molecule has 2 heterocycles. The van der Waals surface area contributed by atoms with Crippen molar-refractivity contribution in [2.75, 3.05) is 0 Å². The number of para-hydroxylation sites is 1. The van der Waals surface area contributed by atoms with Crippen molar-refractivity contribution >= 4 is 96.5 Å². The summed E-state index contributed by atoms with van der Waals surface area (Å²) >= 11 is 1.85. The van der Waals surface area contributed by atoms with E-state index in [-0.39, 0.29) is 0 Å². The molecule has 0 N–H and O–H groups in total. The molecular formula is C52H30OS. The van der Waals surface area contributed by atoms with Crippen molar-refractivity contribution in [2.24, 2.45) is 0 Å². The minimum Gasteiger partial charge on any atom is -0.456 e. The molecule has 1 nitrogen and oxygen atoms in total. The zero-order valence-electron chi connectivity index (χ0n) is 29.1. The van der Waals surface area contributed by atoms with Crippen LogP contribution in [0.15, 0.2) is 186 Å². The van der Waals surface area contributed by atoms with Crippen LogP contribution in [0.1, 0.15) is 0 Å². The smallest absolute Gasteiger partial charge is 0.136 e. The van der Waals surface area contributed by atoms with Crippen LogP contribution in [0.4, 0.5) is 0 Å². The molecule has 0 unspecified atom stereocenters. The van der Waals surface area contributed by atoms with E-state index < -0.39 is 0 Å². The second-order valence-electron chi connectivity index (χ2n) is 14.4. The summed E-state index contributed by atoms with van der Waals surface area (Å²) in [7, 11) is 0. The van der Waals surface area contributed by atoms with Gasteiger partial charge in [-0.25, -0.2) is 0 Å². The van der Waals surface area contributed by atoms with Crippen molar-refractivity contribution in [3.63, 3.8) is 0 Å². The summed E-state index contributed by atoms with van der Waals surface area (Å²) in [6.45, 7) is 0. The van der Waals surface area contributed by atoms with Gasteiger partial charge in [-0.05, 0) is 113 Å². The number of thiophene rings is 1. The van der Waals surface area contributed by atoms with E-state index in [4.69, 9.17) is 4.42 Å². The Hall–Kier alpha value is -6.74. The monoisotopic (exact) mass is 702 g/mol. The average Bonchev–Trinajstić information content (AvgIpc) is 3.78. The highest BCUT2D eigenvalue weighted by atomic mass is 32.1. The number of furan rings is 1. The van der Waals surface area contributed by atoms with Crippen LogP contribution in [0, 0.1) is 0 Å². The molecule has 0 fully saturated rings. The van der Waals surface area contributed by atoms with Gasteiger partial charge in [-0.2, -0.15) is 0 Å². The molecule has 0 amide bonds. The third kappa shape index (κ3) is 4.32. The molecule has 0 aliphatic rings. The predicted molar refractivity (Wildman–Crippen MR) is 233 cm³/mol. The van der Waals surface area contributed by atoms with E-state index in [2.05, 4.69) is 176 Å². The molecule has 12 aromatic rings. The largest absolute Gasteiger partial charge is 0.456 e. The first kappa shape index (κ1) is 29.8. The summed E-state index contributed by atoms with van der Waals surface area (Å²) in [6.07, 6.45) is 0. The normalized spacial score (nSPS) is 12.1. The summed E-state index contributed by atoms with van der Waals surface area (Å²) in [5.74, 6) is 0. The van der Waals surface area contributed by atoms with Crippen molar-refractivity contribution in [3.8, 4) is 33.4 Å². The van der Waals surface area contributed by atoms with Gasteiger partial charge in [0.1, 0.15) is 11.2 Å². The van der Waals surface area contributed by atoms with Crippen LogP contribution in [0.5, 0.6) is 0 Å². The van der Waals surface area contributed by atoms with Gasteiger partial charge in [0.15, 0.2) is 0 Å². The number of fused-ring (bicyclic) bond motifs is 11. The number of hydrogen-bond donors (Lipinski definition) is 0. The lowest BCUT2D eigenvalue weighted by molar-refractivity contribution is 0.669. The molecule has 0 aliphatic carbocycles. The molecule has 0 bridgehead atoms. The highest BCUT2D eigenvalue weighted by Crippen LogP contribution is 2.47. The number of hydrogen-bond acceptors (Lipinski definition) is 2. The van der Waals surface area contributed by atoms with Gasteiger partial charge in [0.05, 0.1) is 0 Å². The van der Waals surface area contributed by atoms with E-state index in [9.17, 15) is 0 Å². The predicted octanol–water partition coefficient (Wildman–Crippen LogP) is 15.6. The minimum atomic E-state index is 0.938. The lowest BCUT2D eigenvalue weighted by Crippen LogP contribution is -1.91. The quantitative estimate of drug-likeness (QED) is 0.167.